The zero-order valence-corrected chi connectivity index (χ0v) is 12.6. The molecule has 0 aromatic heterocycles. The molecule has 1 aliphatic heterocycles. The SMILES string of the molecule is COC1(CC(=O)NCC2CCN(CCO)CC2)CCC1. The molecule has 1 saturated heterocycles. The maximum absolute atomic E-state index is 12.0. The average Bonchev–Trinajstić information content (AvgIpc) is 2.42. The molecule has 2 rings (SSSR count). The topological polar surface area (TPSA) is 61.8 Å². The van der Waals surface area contributed by atoms with E-state index in [2.05, 4.69) is 10.2 Å². The van der Waals surface area contributed by atoms with E-state index in [1.54, 1.807) is 7.11 Å². The summed E-state index contributed by atoms with van der Waals surface area (Å²) in [7, 11) is 1.71. The predicted molar refractivity (Wildman–Crippen MR) is 77.5 cm³/mol. The minimum absolute atomic E-state index is 0.129. The number of rotatable bonds is 7. The monoisotopic (exact) mass is 284 g/mol. The first-order valence-corrected chi connectivity index (χ1v) is 7.82. The van der Waals surface area contributed by atoms with E-state index in [0.29, 0.717) is 12.3 Å². The molecule has 5 heteroatoms. The Hall–Kier alpha value is -0.650. The fraction of sp³-hybridized carbons (Fsp3) is 0.933. The Morgan fingerprint density at radius 1 is 1.40 bits per heavy atom. The molecule has 5 nitrogen and oxygen atoms in total. The third-order valence-corrected chi connectivity index (χ3v) is 4.89. The summed E-state index contributed by atoms with van der Waals surface area (Å²) >= 11 is 0. The van der Waals surface area contributed by atoms with Gasteiger partial charge in [-0.25, -0.2) is 0 Å². The molecule has 0 spiro atoms. The first-order chi connectivity index (χ1) is 9.67. The summed E-state index contributed by atoms with van der Waals surface area (Å²) < 4.78 is 5.49. The number of nitrogens with one attached hydrogen (secondary N) is 1. The second-order valence-corrected chi connectivity index (χ2v) is 6.23. The summed E-state index contributed by atoms with van der Waals surface area (Å²) in [6.45, 7) is 3.85. The number of β-amino-alcohol motifs (C(OH)–C–C–N with tert-alkyl or cyclic N) is 1. The van der Waals surface area contributed by atoms with Crippen LogP contribution in [0.1, 0.15) is 38.5 Å². The molecule has 2 aliphatic rings. The van der Waals surface area contributed by atoms with Crippen LogP contribution < -0.4 is 5.32 Å². The molecule has 0 radical (unpaired) electrons. The molecule has 1 saturated carbocycles. The van der Waals surface area contributed by atoms with Gasteiger partial charge in [-0.2, -0.15) is 0 Å². The summed E-state index contributed by atoms with van der Waals surface area (Å²) in [5.41, 5.74) is -0.172. The lowest BCUT2D eigenvalue weighted by molar-refractivity contribution is -0.134. The highest BCUT2D eigenvalue weighted by Crippen LogP contribution is 2.37. The third kappa shape index (κ3) is 4.17. The van der Waals surface area contributed by atoms with Crippen molar-refractivity contribution in [3.63, 3.8) is 0 Å². The van der Waals surface area contributed by atoms with Crippen molar-refractivity contribution in [1.82, 2.24) is 10.2 Å². The van der Waals surface area contributed by atoms with E-state index >= 15 is 0 Å². The Kier molecular flexibility index (Phi) is 5.81. The van der Waals surface area contributed by atoms with Crippen molar-refractivity contribution in [2.75, 3.05) is 39.9 Å². The molecular weight excluding hydrogens is 256 g/mol. The van der Waals surface area contributed by atoms with Crippen molar-refractivity contribution in [3.8, 4) is 0 Å². The van der Waals surface area contributed by atoms with Gasteiger partial charge in [0.1, 0.15) is 0 Å². The summed E-state index contributed by atoms with van der Waals surface area (Å²) in [6, 6.07) is 0. The summed E-state index contributed by atoms with van der Waals surface area (Å²) in [4.78, 5) is 14.3. The molecule has 0 atom stereocenters. The molecule has 0 aromatic rings. The van der Waals surface area contributed by atoms with E-state index in [1.807, 2.05) is 0 Å². The van der Waals surface area contributed by atoms with Gasteiger partial charge < -0.3 is 20.1 Å². The lowest BCUT2D eigenvalue weighted by Crippen LogP contribution is -2.45. The quantitative estimate of drug-likeness (QED) is 0.725. The van der Waals surface area contributed by atoms with Gasteiger partial charge in [-0.3, -0.25) is 4.79 Å². The number of carbonyl (C=O) groups excluding carboxylic acids is 1. The Balaban J connectivity index is 1.62. The number of carbonyl (C=O) groups is 1. The number of piperidine rings is 1. The number of nitrogens with zero attached hydrogens (tertiary/aromatic N) is 1. The summed E-state index contributed by atoms with van der Waals surface area (Å²) in [5.74, 6) is 0.707. The van der Waals surface area contributed by atoms with Gasteiger partial charge in [-0.15, -0.1) is 0 Å². The molecule has 0 bridgehead atoms. The number of likely N-dealkylation sites (tertiary alicyclic amines) is 1. The molecule has 0 aromatic carbocycles. The largest absolute Gasteiger partial charge is 0.395 e. The van der Waals surface area contributed by atoms with Gasteiger partial charge in [0.05, 0.1) is 18.6 Å². The summed E-state index contributed by atoms with van der Waals surface area (Å²) in [5, 5.41) is 12.0. The Bertz CT molecular complexity index is 305. The molecule has 1 amide bonds. The zero-order valence-electron chi connectivity index (χ0n) is 12.6. The van der Waals surface area contributed by atoms with Gasteiger partial charge in [0, 0.05) is 20.2 Å². The van der Waals surface area contributed by atoms with Crippen LogP contribution in [0.25, 0.3) is 0 Å². The molecule has 1 heterocycles. The lowest BCUT2D eigenvalue weighted by atomic mass is 9.77. The van der Waals surface area contributed by atoms with Crippen LogP contribution in [0.3, 0.4) is 0 Å². The highest BCUT2D eigenvalue weighted by atomic mass is 16.5. The van der Waals surface area contributed by atoms with Crippen molar-refractivity contribution in [3.05, 3.63) is 0 Å². The minimum Gasteiger partial charge on any atom is -0.395 e. The highest BCUT2D eigenvalue weighted by Gasteiger charge is 2.39. The van der Waals surface area contributed by atoms with E-state index in [9.17, 15) is 4.79 Å². The highest BCUT2D eigenvalue weighted by molar-refractivity contribution is 5.77. The molecular formula is C15H28N2O3. The molecule has 2 N–H and O–H groups in total. The standard InChI is InChI=1S/C15H28N2O3/c1-20-15(5-2-6-15)11-14(19)16-12-13-3-7-17(8-4-13)9-10-18/h13,18H,2-12H2,1H3,(H,16,19). The average molecular weight is 284 g/mol. The van der Waals surface area contributed by atoms with Crippen molar-refractivity contribution < 1.29 is 14.6 Å². The normalized spacial score (nSPS) is 23.3. The summed E-state index contributed by atoms with van der Waals surface area (Å²) in [6.07, 6.45) is 5.91. The van der Waals surface area contributed by atoms with Gasteiger partial charge in [0.15, 0.2) is 0 Å². The van der Waals surface area contributed by atoms with Crippen LogP contribution >= 0.6 is 0 Å². The molecule has 116 valence electrons. The van der Waals surface area contributed by atoms with Crippen molar-refractivity contribution in [2.45, 2.75) is 44.1 Å². The van der Waals surface area contributed by atoms with Gasteiger partial charge in [-0.1, -0.05) is 0 Å². The van der Waals surface area contributed by atoms with Crippen LogP contribution in [0, 0.1) is 5.92 Å². The number of aliphatic hydroxyl groups excluding tert-OH is 1. The molecule has 1 aliphatic carbocycles. The van der Waals surface area contributed by atoms with Crippen molar-refractivity contribution in [1.29, 1.82) is 0 Å². The molecule has 20 heavy (non-hydrogen) atoms. The maximum Gasteiger partial charge on any atom is 0.222 e. The van der Waals surface area contributed by atoms with Crippen LogP contribution in [0.15, 0.2) is 0 Å². The molecule has 0 unspecified atom stereocenters. The first kappa shape index (κ1) is 15.7. The van der Waals surface area contributed by atoms with Crippen LogP contribution in [0.5, 0.6) is 0 Å². The van der Waals surface area contributed by atoms with E-state index in [0.717, 1.165) is 51.9 Å². The van der Waals surface area contributed by atoms with E-state index in [1.165, 1.54) is 6.42 Å². The smallest absolute Gasteiger partial charge is 0.222 e. The van der Waals surface area contributed by atoms with E-state index in [4.69, 9.17) is 9.84 Å². The number of amides is 1. The number of hydrogen-bond acceptors (Lipinski definition) is 4. The van der Waals surface area contributed by atoms with E-state index in [-0.39, 0.29) is 18.1 Å². The minimum atomic E-state index is -0.172. The Morgan fingerprint density at radius 2 is 2.10 bits per heavy atom. The Morgan fingerprint density at radius 3 is 2.60 bits per heavy atom. The van der Waals surface area contributed by atoms with Crippen LogP contribution in [0.4, 0.5) is 0 Å². The number of hydrogen-bond donors (Lipinski definition) is 2. The van der Waals surface area contributed by atoms with Crippen molar-refractivity contribution in [2.24, 2.45) is 5.92 Å². The van der Waals surface area contributed by atoms with Crippen LogP contribution in [-0.2, 0) is 9.53 Å². The van der Waals surface area contributed by atoms with Gasteiger partial charge in [-0.05, 0) is 51.1 Å². The number of ether oxygens (including phenoxy) is 1. The maximum atomic E-state index is 12.0. The first-order valence-electron chi connectivity index (χ1n) is 7.82. The van der Waals surface area contributed by atoms with Crippen molar-refractivity contribution >= 4 is 5.91 Å². The molecule has 2 fully saturated rings. The Labute approximate surface area is 121 Å². The number of methoxy groups -OCH3 is 1. The van der Waals surface area contributed by atoms with E-state index < -0.39 is 0 Å². The lowest BCUT2D eigenvalue weighted by Gasteiger charge is -2.40. The second-order valence-electron chi connectivity index (χ2n) is 6.23. The third-order valence-electron chi connectivity index (χ3n) is 4.89. The second kappa shape index (κ2) is 7.38. The number of aliphatic hydroxyl groups is 1. The van der Waals surface area contributed by atoms with Gasteiger partial charge in [0.2, 0.25) is 5.91 Å². The zero-order chi connectivity index (χ0) is 14.4. The fourth-order valence-corrected chi connectivity index (χ4v) is 3.19. The van der Waals surface area contributed by atoms with Gasteiger partial charge in [0.25, 0.3) is 0 Å². The predicted octanol–water partition coefficient (Wildman–Crippen LogP) is 0.766. The fourth-order valence-electron chi connectivity index (χ4n) is 3.19. The van der Waals surface area contributed by atoms with Crippen LogP contribution in [0.2, 0.25) is 0 Å². The van der Waals surface area contributed by atoms with Crippen LogP contribution in [-0.4, -0.2) is 61.4 Å². The van der Waals surface area contributed by atoms with Gasteiger partial charge >= 0.3 is 0 Å².